The van der Waals surface area contributed by atoms with Gasteiger partial charge < -0.3 is 19.4 Å². The molecule has 116 valence electrons. The summed E-state index contributed by atoms with van der Waals surface area (Å²) in [5.74, 6) is -1.88. The predicted octanol–water partition coefficient (Wildman–Crippen LogP) is 2.88. The summed E-state index contributed by atoms with van der Waals surface area (Å²) >= 11 is 0. The normalized spacial score (nSPS) is 10.6. The molecule has 6 nitrogen and oxygen atoms in total. The van der Waals surface area contributed by atoms with Crippen molar-refractivity contribution >= 4 is 22.7 Å². The lowest BCUT2D eigenvalue weighted by Crippen LogP contribution is -2.13. The molecule has 1 heterocycles. The Morgan fingerprint density at radius 1 is 1.04 bits per heavy atom. The number of ketones is 1. The van der Waals surface area contributed by atoms with Gasteiger partial charge in [0.05, 0.1) is 0 Å². The first kappa shape index (κ1) is 14.6. The molecule has 2 aromatic carbocycles. The van der Waals surface area contributed by atoms with Crippen LogP contribution in [0.2, 0.25) is 0 Å². The highest BCUT2D eigenvalue weighted by molar-refractivity contribution is 6.00. The molecule has 0 unspecified atom stereocenters. The van der Waals surface area contributed by atoms with E-state index in [0.717, 1.165) is 11.5 Å². The Balaban J connectivity index is 1.69. The molecule has 6 heteroatoms. The van der Waals surface area contributed by atoms with Gasteiger partial charge in [-0.25, -0.2) is 4.79 Å². The Morgan fingerprint density at radius 2 is 1.83 bits per heavy atom. The van der Waals surface area contributed by atoms with Crippen LogP contribution in [0.4, 0.5) is 0 Å². The smallest absolute Gasteiger partial charge is 0.342 e. The highest BCUT2D eigenvalue weighted by Gasteiger charge is 2.17. The number of Topliss-reactive ketones (excluding diaryl/α,β-unsaturated/α-hetero) is 1. The van der Waals surface area contributed by atoms with Crippen molar-refractivity contribution < 1.29 is 29.0 Å². The molecule has 0 saturated carbocycles. The number of phenolic OH excluding ortho intramolecular Hbond substituents is 2. The summed E-state index contributed by atoms with van der Waals surface area (Å²) in [6.07, 6.45) is 0. The van der Waals surface area contributed by atoms with Gasteiger partial charge in [0, 0.05) is 11.5 Å². The largest absolute Gasteiger partial charge is 0.508 e. The van der Waals surface area contributed by atoms with E-state index in [0.29, 0.717) is 5.58 Å². The van der Waals surface area contributed by atoms with Crippen molar-refractivity contribution in [2.45, 2.75) is 0 Å². The van der Waals surface area contributed by atoms with E-state index < -0.39 is 24.1 Å². The minimum atomic E-state index is -0.869. The van der Waals surface area contributed by atoms with Crippen LogP contribution >= 0.6 is 0 Å². The van der Waals surface area contributed by atoms with Crippen LogP contribution in [0.1, 0.15) is 20.9 Å². The average Bonchev–Trinajstić information content (AvgIpc) is 2.96. The zero-order valence-corrected chi connectivity index (χ0v) is 11.9. The second-order valence-electron chi connectivity index (χ2n) is 4.85. The van der Waals surface area contributed by atoms with Gasteiger partial charge in [-0.15, -0.1) is 0 Å². The van der Waals surface area contributed by atoms with Gasteiger partial charge >= 0.3 is 5.97 Å². The number of hydrogen-bond donors (Lipinski definition) is 2. The molecule has 2 N–H and O–H groups in total. The van der Waals surface area contributed by atoms with Crippen LogP contribution in [0.25, 0.3) is 11.0 Å². The number of aromatic hydroxyl groups is 2. The third-order valence-corrected chi connectivity index (χ3v) is 3.24. The zero-order valence-electron chi connectivity index (χ0n) is 11.9. The monoisotopic (exact) mass is 312 g/mol. The number of rotatable bonds is 4. The van der Waals surface area contributed by atoms with E-state index in [9.17, 15) is 19.8 Å². The quantitative estimate of drug-likeness (QED) is 0.568. The summed E-state index contributed by atoms with van der Waals surface area (Å²) in [5, 5.41) is 19.5. The molecule has 3 aromatic rings. The van der Waals surface area contributed by atoms with Gasteiger partial charge in [0.2, 0.25) is 5.78 Å². The van der Waals surface area contributed by atoms with E-state index in [-0.39, 0.29) is 17.1 Å². The molecular weight excluding hydrogens is 300 g/mol. The highest BCUT2D eigenvalue weighted by atomic mass is 16.5. The summed E-state index contributed by atoms with van der Waals surface area (Å²) in [7, 11) is 0. The fourth-order valence-electron chi connectivity index (χ4n) is 2.09. The average molecular weight is 312 g/mol. The maximum Gasteiger partial charge on any atom is 0.342 e. The molecule has 23 heavy (non-hydrogen) atoms. The van der Waals surface area contributed by atoms with Crippen LogP contribution in [-0.2, 0) is 4.74 Å². The number of carbonyl (C=O) groups is 2. The Hall–Kier alpha value is -3.28. The summed E-state index contributed by atoms with van der Waals surface area (Å²) < 4.78 is 10.3. The Kier molecular flexibility index (Phi) is 3.72. The maximum atomic E-state index is 12.0. The van der Waals surface area contributed by atoms with Crippen molar-refractivity contribution in [1.82, 2.24) is 0 Å². The number of fused-ring (bicyclic) bond motifs is 1. The number of furan rings is 1. The number of phenols is 2. The molecule has 0 aliphatic rings. The Labute approximate surface area is 130 Å². The second-order valence-corrected chi connectivity index (χ2v) is 4.85. The van der Waals surface area contributed by atoms with Crippen molar-refractivity contribution in [2.24, 2.45) is 0 Å². The molecule has 0 atom stereocenters. The number of hydrogen-bond acceptors (Lipinski definition) is 6. The van der Waals surface area contributed by atoms with Crippen molar-refractivity contribution in [1.29, 1.82) is 0 Å². The van der Waals surface area contributed by atoms with Gasteiger partial charge in [-0.05, 0) is 24.3 Å². The van der Waals surface area contributed by atoms with Crippen LogP contribution in [-0.4, -0.2) is 28.6 Å². The maximum absolute atomic E-state index is 12.0. The second kappa shape index (κ2) is 5.84. The topological polar surface area (TPSA) is 97.0 Å². The first-order valence-electron chi connectivity index (χ1n) is 6.75. The van der Waals surface area contributed by atoms with Gasteiger partial charge in [-0.2, -0.15) is 0 Å². The van der Waals surface area contributed by atoms with Gasteiger partial charge in [-0.1, -0.05) is 18.2 Å². The molecular formula is C17H12O6. The van der Waals surface area contributed by atoms with E-state index in [1.807, 2.05) is 6.07 Å². The number of carbonyl (C=O) groups excluding carboxylic acids is 2. The SMILES string of the molecule is O=C(COC(=O)c1ccc(O)cc1O)c1cc2ccccc2o1. The number of esters is 1. The third-order valence-electron chi connectivity index (χ3n) is 3.24. The number of para-hydroxylation sites is 1. The summed E-state index contributed by atoms with van der Waals surface area (Å²) in [4.78, 5) is 23.9. The van der Waals surface area contributed by atoms with E-state index in [1.54, 1.807) is 24.3 Å². The van der Waals surface area contributed by atoms with E-state index in [4.69, 9.17) is 9.15 Å². The molecule has 0 fully saturated rings. The van der Waals surface area contributed by atoms with Gasteiger partial charge in [0.25, 0.3) is 0 Å². The van der Waals surface area contributed by atoms with Crippen molar-refractivity contribution in [2.75, 3.05) is 6.61 Å². The molecule has 0 aliphatic heterocycles. The van der Waals surface area contributed by atoms with Gasteiger partial charge in [0.1, 0.15) is 22.6 Å². The predicted molar refractivity (Wildman–Crippen MR) is 80.6 cm³/mol. The number of benzene rings is 2. The molecule has 0 amide bonds. The lowest BCUT2D eigenvalue weighted by atomic mass is 10.2. The van der Waals surface area contributed by atoms with Crippen LogP contribution < -0.4 is 0 Å². The molecule has 3 rings (SSSR count). The minimum Gasteiger partial charge on any atom is -0.508 e. The van der Waals surface area contributed by atoms with Crippen molar-refractivity contribution in [3.63, 3.8) is 0 Å². The Morgan fingerprint density at radius 3 is 2.57 bits per heavy atom. The molecule has 0 bridgehead atoms. The first-order valence-corrected chi connectivity index (χ1v) is 6.75. The van der Waals surface area contributed by atoms with E-state index in [1.165, 1.54) is 12.1 Å². The zero-order chi connectivity index (χ0) is 16.4. The van der Waals surface area contributed by atoms with Crippen LogP contribution in [0.3, 0.4) is 0 Å². The highest BCUT2D eigenvalue weighted by Crippen LogP contribution is 2.23. The summed E-state index contributed by atoms with van der Waals surface area (Å²) in [6.45, 7) is -0.515. The number of ether oxygens (including phenoxy) is 1. The molecule has 0 radical (unpaired) electrons. The van der Waals surface area contributed by atoms with Crippen LogP contribution in [0.15, 0.2) is 52.9 Å². The van der Waals surface area contributed by atoms with Crippen molar-refractivity contribution in [3.8, 4) is 11.5 Å². The summed E-state index contributed by atoms with van der Waals surface area (Å²) in [6, 6.07) is 12.2. The molecule has 0 saturated heterocycles. The standard InChI is InChI=1S/C17H12O6/c18-11-5-6-12(13(19)8-11)17(21)22-9-14(20)16-7-10-3-1-2-4-15(10)23-16/h1-8,18-19H,9H2. The molecule has 0 aliphatic carbocycles. The van der Waals surface area contributed by atoms with Crippen molar-refractivity contribution in [3.05, 3.63) is 59.9 Å². The first-order chi connectivity index (χ1) is 11.0. The molecule has 1 aromatic heterocycles. The summed E-state index contributed by atoms with van der Waals surface area (Å²) in [5.41, 5.74) is 0.429. The fraction of sp³-hybridized carbons (Fsp3) is 0.0588. The lowest BCUT2D eigenvalue weighted by molar-refractivity contribution is 0.0465. The lowest BCUT2D eigenvalue weighted by Gasteiger charge is -2.05. The Bertz CT molecular complexity index is 860. The van der Waals surface area contributed by atoms with Gasteiger partial charge in [0.15, 0.2) is 12.4 Å². The van der Waals surface area contributed by atoms with Crippen LogP contribution in [0.5, 0.6) is 11.5 Å². The molecule has 0 spiro atoms. The fourth-order valence-corrected chi connectivity index (χ4v) is 2.09. The third kappa shape index (κ3) is 3.01. The van der Waals surface area contributed by atoms with E-state index >= 15 is 0 Å². The van der Waals surface area contributed by atoms with Crippen LogP contribution in [0, 0.1) is 0 Å². The minimum absolute atomic E-state index is 0.0916. The van der Waals surface area contributed by atoms with Gasteiger partial charge in [-0.3, -0.25) is 4.79 Å². The van der Waals surface area contributed by atoms with E-state index in [2.05, 4.69) is 0 Å².